The minimum atomic E-state index is -0.122. The third kappa shape index (κ3) is 3.19. The van der Waals surface area contributed by atoms with Gasteiger partial charge in [0.2, 0.25) is 5.91 Å². The Balaban J connectivity index is 1.51. The van der Waals surface area contributed by atoms with E-state index in [9.17, 15) is 9.59 Å². The Bertz CT molecular complexity index is 689. The molecule has 0 aliphatic heterocycles. The molecule has 0 aromatic heterocycles. The molecule has 4 saturated carbocycles. The van der Waals surface area contributed by atoms with Crippen molar-refractivity contribution in [1.82, 2.24) is 5.43 Å². The molecule has 156 valence electrons. The van der Waals surface area contributed by atoms with E-state index in [2.05, 4.69) is 24.4 Å². The third-order valence-corrected chi connectivity index (χ3v) is 9.09. The molecule has 0 spiro atoms. The molecule has 4 aliphatic carbocycles. The van der Waals surface area contributed by atoms with E-state index < -0.39 is 0 Å². The van der Waals surface area contributed by atoms with Gasteiger partial charge >= 0.3 is 5.97 Å². The van der Waals surface area contributed by atoms with Gasteiger partial charge in [0, 0.05) is 25.0 Å². The van der Waals surface area contributed by atoms with Crippen LogP contribution < -0.4 is 5.43 Å². The Hall–Kier alpha value is -1.39. The highest BCUT2D eigenvalue weighted by Crippen LogP contribution is 2.66. The number of hydrogen-bond acceptors (Lipinski definition) is 4. The van der Waals surface area contributed by atoms with Gasteiger partial charge in [0.25, 0.3) is 0 Å². The Morgan fingerprint density at radius 1 is 1.00 bits per heavy atom. The first-order valence-corrected chi connectivity index (χ1v) is 11.2. The van der Waals surface area contributed by atoms with Gasteiger partial charge in [0.1, 0.15) is 6.10 Å². The van der Waals surface area contributed by atoms with Gasteiger partial charge in [0.15, 0.2) is 0 Å². The fraction of sp³-hybridized carbons (Fsp3) is 0.870. The second-order valence-corrected chi connectivity index (χ2v) is 10.4. The summed E-state index contributed by atoms with van der Waals surface area (Å²) in [5, 5.41) is 4.38. The number of carbonyl (C=O) groups excluding carboxylic acids is 2. The predicted octanol–water partition coefficient (Wildman–Crippen LogP) is 4.45. The molecule has 0 aromatic rings. The highest BCUT2D eigenvalue weighted by Gasteiger charge is 2.60. The zero-order valence-electron chi connectivity index (χ0n) is 17.9. The van der Waals surface area contributed by atoms with Crippen molar-refractivity contribution in [2.24, 2.45) is 39.6 Å². The SMILES string of the molecule is CC(=O)NN=C1CC[C@@]2(C)[C@@H](CC[C@@H]3[C@@H]2CC[C@]2(C)[C@@H](OC(C)=O)CC[C@@H]32)C1. The molecule has 4 rings (SSSR count). The zero-order chi connectivity index (χ0) is 20.1. The van der Waals surface area contributed by atoms with Crippen LogP contribution in [0.15, 0.2) is 5.10 Å². The molecule has 1 N–H and O–H groups in total. The van der Waals surface area contributed by atoms with E-state index in [1.165, 1.54) is 51.2 Å². The van der Waals surface area contributed by atoms with Gasteiger partial charge in [-0.15, -0.1) is 0 Å². The van der Waals surface area contributed by atoms with Crippen molar-refractivity contribution in [3.63, 3.8) is 0 Å². The standard InChI is InChI=1S/C23H36N2O3/c1-14(26)24-25-17-9-11-22(3)16(13-17)5-6-18-19-7-8-21(28-15(2)27)23(19,4)12-10-20(18)22/h16,18-21H,5-13H2,1-4H3,(H,24,26)/t16-,18-,19-,20-,21-,22-,23-/m0/s1. The highest BCUT2D eigenvalue weighted by atomic mass is 16.5. The van der Waals surface area contributed by atoms with E-state index in [4.69, 9.17) is 4.74 Å². The maximum atomic E-state index is 11.6. The monoisotopic (exact) mass is 388 g/mol. The van der Waals surface area contributed by atoms with E-state index in [0.29, 0.717) is 17.3 Å². The summed E-state index contributed by atoms with van der Waals surface area (Å²) in [6.45, 7) is 8.00. The minimum absolute atomic E-state index is 0.0836. The molecular formula is C23H36N2O3. The lowest BCUT2D eigenvalue weighted by Crippen LogP contribution is -2.54. The average molecular weight is 389 g/mol. The van der Waals surface area contributed by atoms with Crippen molar-refractivity contribution >= 4 is 17.6 Å². The maximum Gasteiger partial charge on any atom is 0.302 e. The Morgan fingerprint density at radius 3 is 2.46 bits per heavy atom. The lowest BCUT2D eigenvalue weighted by molar-refractivity contribution is -0.160. The molecule has 28 heavy (non-hydrogen) atoms. The van der Waals surface area contributed by atoms with Crippen LogP contribution >= 0.6 is 0 Å². The zero-order valence-corrected chi connectivity index (χ0v) is 17.9. The van der Waals surface area contributed by atoms with Crippen LogP contribution in [-0.4, -0.2) is 23.7 Å². The average Bonchev–Trinajstić information content (AvgIpc) is 2.95. The molecule has 7 atom stereocenters. The topological polar surface area (TPSA) is 67.8 Å². The molecule has 0 bridgehead atoms. The van der Waals surface area contributed by atoms with E-state index in [-0.39, 0.29) is 23.4 Å². The van der Waals surface area contributed by atoms with Crippen molar-refractivity contribution < 1.29 is 14.3 Å². The number of rotatable bonds is 2. The van der Waals surface area contributed by atoms with Gasteiger partial charge in [0.05, 0.1) is 0 Å². The van der Waals surface area contributed by atoms with Crippen LogP contribution in [0, 0.1) is 34.5 Å². The molecule has 5 nitrogen and oxygen atoms in total. The molecule has 1 amide bonds. The fourth-order valence-electron chi connectivity index (χ4n) is 7.66. The molecular weight excluding hydrogens is 352 g/mol. The maximum absolute atomic E-state index is 11.6. The molecule has 5 heteroatoms. The van der Waals surface area contributed by atoms with E-state index in [1.54, 1.807) is 6.92 Å². The number of hydrazone groups is 1. The lowest BCUT2D eigenvalue weighted by Gasteiger charge is -2.60. The molecule has 0 saturated heterocycles. The first kappa shape index (κ1) is 19.9. The van der Waals surface area contributed by atoms with Crippen molar-refractivity contribution in [1.29, 1.82) is 0 Å². The van der Waals surface area contributed by atoms with Gasteiger partial charge in [-0.2, -0.15) is 5.10 Å². The fourth-order valence-corrected chi connectivity index (χ4v) is 7.66. The van der Waals surface area contributed by atoms with Gasteiger partial charge in [-0.1, -0.05) is 13.8 Å². The van der Waals surface area contributed by atoms with Gasteiger partial charge in [-0.3, -0.25) is 9.59 Å². The summed E-state index contributed by atoms with van der Waals surface area (Å²) in [5.41, 5.74) is 4.37. The minimum Gasteiger partial charge on any atom is -0.462 e. The number of esters is 1. The quantitative estimate of drug-likeness (QED) is 0.561. The predicted molar refractivity (Wildman–Crippen MR) is 109 cm³/mol. The summed E-state index contributed by atoms with van der Waals surface area (Å²) >= 11 is 0. The molecule has 0 unspecified atom stereocenters. The van der Waals surface area contributed by atoms with Crippen molar-refractivity contribution in [2.45, 2.75) is 91.6 Å². The third-order valence-electron chi connectivity index (χ3n) is 9.09. The Morgan fingerprint density at radius 2 is 1.75 bits per heavy atom. The number of nitrogens with zero attached hydrogens (tertiary/aromatic N) is 1. The van der Waals surface area contributed by atoms with Crippen LogP contribution in [0.25, 0.3) is 0 Å². The van der Waals surface area contributed by atoms with Crippen LogP contribution in [0.1, 0.15) is 85.5 Å². The summed E-state index contributed by atoms with van der Waals surface area (Å²) in [5.74, 6) is 2.73. The smallest absolute Gasteiger partial charge is 0.302 e. The van der Waals surface area contributed by atoms with Crippen molar-refractivity contribution in [3.05, 3.63) is 0 Å². The van der Waals surface area contributed by atoms with E-state index in [1.807, 2.05) is 0 Å². The second kappa shape index (κ2) is 7.14. The van der Waals surface area contributed by atoms with Gasteiger partial charge < -0.3 is 4.74 Å². The van der Waals surface area contributed by atoms with Crippen LogP contribution in [-0.2, 0) is 14.3 Å². The molecule has 0 heterocycles. The van der Waals surface area contributed by atoms with Crippen molar-refractivity contribution in [2.75, 3.05) is 0 Å². The number of nitrogens with one attached hydrogen (secondary N) is 1. The normalized spacial score (nSPS) is 46.3. The largest absolute Gasteiger partial charge is 0.462 e. The van der Waals surface area contributed by atoms with Crippen LogP contribution in [0.2, 0.25) is 0 Å². The summed E-state index contributed by atoms with van der Waals surface area (Å²) in [6, 6.07) is 0. The summed E-state index contributed by atoms with van der Waals surface area (Å²) in [6.07, 6.45) is 10.6. The number of amides is 1. The molecule has 0 radical (unpaired) electrons. The summed E-state index contributed by atoms with van der Waals surface area (Å²) in [4.78, 5) is 22.8. The number of ether oxygens (including phenoxy) is 1. The molecule has 4 aliphatic rings. The Kier molecular flexibility index (Phi) is 5.08. The first-order chi connectivity index (χ1) is 13.2. The second-order valence-electron chi connectivity index (χ2n) is 10.4. The summed E-state index contributed by atoms with van der Waals surface area (Å²) < 4.78 is 5.77. The molecule has 4 fully saturated rings. The van der Waals surface area contributed by atoms with E-state index in [0.717, 1.165) is 31.1 Å². The number of hydrogen-bond donors (Lipinski definition) is 1. The highest BCUT2D eigenvalue weighted by molar-refractivity contribution is 5.87. The number of fused-ring (bicyclic) bond motifs is 5. The van der Waals surface area contributed by atoms with Gasteiger partial charge in [-0.25, -0.2) is 5.43 Å². The lowest BCUT2D eigenvalue weighted by atomic mass is 9.45. The van der Waals surface area contributed by atoms with Crippen LogP contribution in [0.3, 0.4) is 0 Å². The number of carbonyl (C=O) groups is 2. The van der Waals surface area contributed by atoms with Crippen LogP contribution in [0.5, 0.6) is 0 Å². The van der Waals surface area contributed by atoms with E-state index >= 15 is 0 Å². The molecule has 0 aromatic carbocycles. The van der Waals surface area contributed by atoms with Crippen molar-refractivity contribution in [3.8, 4) is 0 Å². The first-order valence-electron chi connectivity index (χ1n) is 11.2. The van der Waals surface area contributed by atoms with Crippen LogP contribution in [0.4, 0.5) is 0 Å². The van der Waals surface area contributed by atoms with Gasteiger partial charge in [-0.05, 0) is 86.9 Å². The summed E-state index contributed by atoms with van der Waals surface area (Å²) in [7, 11) is 0. The Labute approximate surface area is 169 Å².